The Morgan fingerprint density at radius 2 is 1.97 bits per heavy atom. The van der Waals surface area contributed by atoms with Crippen LogP contribution >= 0.6 is 0 Å². The van der Waals surface area contributed by atoms with E-state index in [9.17, 15) is 13.6 Å². The van der Waals surface area contributed by atoms with Gasteiger partial charge in [-0.25, -0.2) is 13.5 Å². The molecule has 2 fully saturated rings. The van der Waals surface area contributed by atoms with Gasteiger partial charge < -0.3 is 5.32 Å². The van der Waals surface area contributed by atoms with Crippen molar-refractivity contribution in [1.29, 1.82) is 0 Å². The van der Waals surface area contributed by atoms with Gasteiger partial charge >= 0.3 is 0 Å². The molecule has 0 radical (unpaired) electrons. The van der Waals surface area contributed by atoms with Crippen LogP contribution in [0.3, 0.4) is 0 Å². The molecule has 3 atom stereocenters. The predicted molar refractivity (Wildman–Crippen MR) is 118 cm³/mol. The zero-order valence-corrected chi connectivity index (χ0v) is 18.0. The molecule has 2 aliphatic rings. The number of benzene rings is 2. The maximum Gasteiger partial charge on any atom is 0.229 e. The van der Waals surface area contributed by atoms with Crippen molar-refractivity contribution in [1.82, 2.24) is 14.7 Å². The fraction of sp³-hybridized carbons (Fsp3) is 0.360. The van der Waals surface area contributed by atoms with Crippen LogP contribution in [0.5, 0.6) is 0 Å². The van der Waals surface area contributed by atoms with Crippen LogP contribution in [0.4, 0.5) is 14.6 Å². The van der Waals surface area contributed by atoms with Crippen LogP contribution in [-0.2, 0) is 11.3 Å². The summed E-state index contributed by atoms with van der Waals surface area (Å²) < 4.78 is 29.6. The first kappa shape index (κ1) is 20.8. The van der Waals surface area contributed by atoms with Crippen molar-refractivity contribution >= 4 is 11.7 Å². The van der Waals surface area contributed by atoms with Crippen molar-refractivity contribution < 1.29 is 13.6 Å². The lowest BCUT2D eigenvalue weighted by Gasteiger charge is -2.18. The summed E-state index contributed by atoms with van der Waals surface area (Å²) in [7, 11) is 0. The number of nitrogens with one attached hydrogen (secondary N) is 1. The molecule has 1 aliphatic carbocycles. The summed E-state index contributed by atoms with van der Waals surface area (Å²) in [5, 5.41) is 7.56. The summed E-state index contributed by atoms with van der Waals surface area (Å²) >= 11 is 0. The van der Waals surface area contributed by atoms with Gasteiger partial charge in [-0.3, -0.25) is 9.69 Å². The molecule has 32 heavy (non-hydrogen) atoms. The molecular weight excluding hydrogens is 410 g/mol. The number of rotatable bonds is 6. The van der Waals surface area contributed by atoms with Gasteiger partial charge in [-0.2, -0.15) is 5.10 Å². The van der Waals surface area contributed by atoms with Gasteiger partial charge in [0.2, 0.25) is 5.91 Å². The molecule has 2 aromatic carbocycles. The normalized spacial score (nSPS) is 22.8. The second-order valence-corrected chi connectivity index (χ2v) is 8.86. The van der Waals surface area contributed by atoms with Crippen molar-refractivity contribution in [2.75, 3.05) is 18.4 Å². The monoisotopic (exact) mass is 436 g/mol. The van der Waals surface area contributed by atoms with Crippen molar-refractivity contribution in [3.8, 4) is 0 Å². The number of aryl methyl sites for hydroxylation is 1. The van der Waals surface area contributed by atoms with Gasteiger partial charge in [-0.05, 0) is 42.9 Å². The van der Waals surface area contributed by atoms with E-state index in [4.69, 9.17) is 0 Å². The van der Waals surface area contributed by atoms with Gasteiger partial charge in [-0.15, -0.1) is 0 Å². The fourth-order valence-corrected chi connectivity index (χ4v) is 4.72. The van der Waals surface area contributed by atoms with Crippen LogP contribution in [0, 0.1) is 24.5 Å². The van der Waals surface area contributed by atoms with Crippen molar-refractivity contribution in [2.24, 2.45) is 5.92 Å². The molecule has 0 unspecified atom stereocenters. The summed E-state index contributed by atoms with van der Waals surface area (Å²) in [5.41, 5.74) is 2.46. The second kappa shape index (κ2) is 8.47. The highest BCUT2D eigenvalue weighted by molar-refractivity contribution is 5.95. The number of aromatic nitrogens is 2. The molecule has 1 N–H and O–H groups in total. The third-order valence-corrected chi connectivity index (χ3v) is 6.57. The van der Waals surface area contributed by atoms with Crippen LogP contribution in [0.2, 0.25) is 0 Å². The van der Waals surface area contributed by atoms with Gasteiger partial charge in [0.25, 0.3) is 0 Å². The molecule has 1 saturated heterocycles. The van der Waals surface area contributed by atoms with E-state index in [-0.39, 0.29) is 29.3 Å². The molecular formula is C25H26F2N4O. The Bertz CT molecular complexity index is 1130. The number of hydrogen-bond donors (Lipinski definition) is 1. The van der Waals surface area contributed by atoms with E-state index in [1.165, 1.54) is 11.6 Å². The number of likely N-dealkylation sites (tertiary alicyclic amines) is 1. The number of anilines is 1. The maximum absolute atomic E-state index is 14.1. The number of carbonyl (C=O) groups is 1. The molecule has 5 rings (SSSR count). The van der Waals surface area contributed by atoms with E-state index in [0.29, 0.717) is 12.2 Å². The first-order valence-electron chi connectivity index (χ1n) is 11.1. The maximum atomic E-state index is 14.1. The van der Waals surface area contributed by atoms with E-state index in [0.717, 1.165) is 37.7 Å². The number of halogens is 2. The highest BCUT2D eigenvalue weighted by atomic mass is 19.2. The molecule has 1 aromatic heterocycles. The van der Waals surface area contributed by atoms with E-state index < -0.39 is 11.6 Å². The number of nitrogens with zero attached hydrogens (tertiary/aromatic N) is 3. The minimum atomic E-state index is -0.872. The van der Waals surface area contributed by atoms with Crippen molar-refractivity contribution in [3.05, 3.63) is 83.1 Å². The quantitative estimate of drug-likeness (QED) is 0.612. The number of hydrogen-bond acceptors (Lipinski definition) is 3. The summed E-state index contributed by atoms with van der Waals surface area (Å²) in [5.74, 6) is -1.82. The fourth-order valence-electron chi connectivity index (χ4n) is 4.72. The lowest BCUT2D eigenvalue weighted by atomic mass is 10.1. The molecule has 0 spiro atoms. The Labute approximate surface area is 186 Å². The Morgan fingerprint density at radius 3 is 2.78 bits per heavy atom. The first-order chi connectivity index (χ1) is 15.5. The van der Waals surface area contributed by atoms with Crippen molar-refractivity contribution in [2.45, 2.75) is 38.3 Å². The second-order valence-electron chi connectivity index (χ2n) is 8.86. The molecule has 0 bridgehead atoms. The van der Waals surface area contributed by atoms with E-state index in [1.54, 1.807) is 12.3 Å². The smallest absolute Gasteiger partial charge is 0.229 e. The highest BCUT2D eigenvalue weighted by Crippen LogP contribution is 2.49. The van der Waals surface area contributed by atoms with Gasteiger partial charge in [-0.1, -0.05) is 42.5 Å². The molecule has 5 nitrogen and oxygen atoms in total. The molecule has 7 heteroatoms. The van der Waals surface area contributed by atoms with Crippen LogP contribution in [-0.4, -0.2) is 33.7 Å². The van der Waals surface area contributed by atoms with Crippen LogP contribution in [0.15, 0.2) is 54.7 Å². The minimum absolute atomic E-state index is 0.164. The molecule has 1 aliphatic heterocycles. The Hall–Kier alpha value is -3.06. The van der Waals surface area contributed by atoms with Gasteiger partial charge in [0.1, 0.15) is 5.82 Å². The molecule has 3 aromatic rings. The lowest BCUT2D eigenvalue weighted by molar-refractivity contribution is -0.117. The van der Waals surface area contributed by atoms with Crippen LogP contribution in [0.25, 0.3) is 0 Å². The molecule has 1 saturated carbocycles. The van der Waals surface area contributed by atoms with E-state index in [1.807, 2.05) is 29.8 Å². The Kier molecular flexibility index (Phi) is 5.51. The van der Waals surface area contributed by atoms with E-state index in [2.05, 4.69) is 27.4 Å². The summed E-state index contributed by atoms with van der Waals surface area (Å²) in [4.78, 5) is 15.3. The van der Waals surface area contributed by atoms with Crippen LogP contribution < -0.4 is 5.32 Å². The third-order valence-electron chi connectivity index (χ3n) is 6.57. The highest BCUT2D eigenvalue weighted by Gasteiger charge is 2.46. The van der Waals surface area contributed by atoms with Gasteiger partial charge in [0, 0.05) is 31.1 Å². The molecule has 2 heterocycles. The summed E-state index contributed by atoms with van der Waals surface area (Å²) in [6.07, 6.45) is 3.25. The first-order valence-corrected chi connectivity index (χ1v) is 11.1. The topological polar surface area (TPSA) is 50.2 Å². The average molecular weight is 437 g/mol. The Balaban J connectivity index is 1.25. The predicted octanol–water partition coefficient (Wildman–Crippen LogP) is 4.66. The van der Waals surface area contributed by atoms with Gasteiger partial charge in [0.15, 0.2) is 11.6 Å². The number of carbonyl (C=O) groups excluding carboxylic acids is 1. The van der Waals surface area contributed by atoms with E-state index >= 15 is 0 Å². The third kappa shape index (κ3) is 4.05. The Morgan fingerprint density at radius 1 is 1.16 bits per heavy atom. The largest absolute Gasteiger partial charge is 0.310 e. The zero-order valence-electron chi connectivity index (χ0n) is 18.0. The molecule has 1 amide bonds. The summed E-state index contributed by atoms with van der Waals surface area (Å²) in [6, 6.07) is 14.7. The average Bonchev–Trinajstić information content (AvgIpc) is 3.33. The lowest BCUT2D eigenvalue weighted by Crippen LogP contribution is -2.24. The van der Waals surface area contributed by atoms with Crippen LogP contribution in [0.1, 0.15) is 41.5 Å². The standard InChI is InChI=1S/C25H26F2N4O/c1-16-13-28-31(18-10-11-30(15-18)14-17-6-3-2-4-7-17)24(16)29-25(32)21-12-20(21)19-8-5-9-22(26)23(19)27/h2-9,13,18,20-21H,10-12,14-15H2,1H3,(H,29,32)/t18-,20-,21+/m1/s1. The SMILES string of the molecule is Cc1cnn([C@@H]2CCN(Cc3ccccc3)C2)c1NC(=O)[C@H]1C[C@@H]1c1cccc(F)c1F. The molecule has 166 valence electrons. The minimum Gasteiger partial charge on any atom is -0.310 e. The van der Waals surface area contributed by atoms with Gasteiger partial charge in [0.05, 0.1) is 12.2 Å². The van der Waals surface area contributed by atoms with Crippen molar-refractivity contribution in [3.63, 3.8) is 0 Å². The summed E-state index contributed by atoms with van der Waals surface area (Å²) in [6.45, 7) is 4.64. The zero-order chi connectivity index (χ0) is 22.2. The number of amides is 1.